The molecule has 88 valence electrons. The van der Waals surface area contributed by atoms with Crippen molar-refractivity contribution >= 4 is 0 Å². The number of unbranched alkanes of at least 4 members (excludes halogenated alkanes) is 7. The lowest BCUT2D eigenvalue weighted by Gasteiger charge is -2.10. The van der Waals surface area contributed by atoms with E-state index in [-0.39, 0.29) is 5.54 Å². The van der Waals surface area contributed by atoms with Gasteiger partial charge in [-0.15, -0.1) is 0 Å². The van der Waals surface area contributed by atoms with Gasteiger partial charge in [-0.1, -0.05) is 51.9 Å². The maximum atomic E-state index is 7.02. The molecule has 0 aromatic rings. The number of nitrogens with zero attached hydrogens (tertiary/aromatic N) is 1. The van der Waals surface area contributed by atoms with Gasteiger partial charge in [0.25, 0.3) is 0 Å². The fraction of sp³-hybridized carbons (Fsp3) is 0.929. The van der Waals surface area contributed by atoms with Crippen LogP contribution in [0, 0.1) is 6.57 Å². The third-order valence-corrected chi connectivity index (χ3v) is 2.94. The predicted molar refractivity (Wildman–Crippen MR) is 67.9 cm³/mol. The first-order chi connectivity index (χ1) is 7.12. The zero-order valence-electron chi connectivity index (χ0n) is 10.8. The van der Waals surface area contributed by atoms with Crippen LogP contribution in [0.3, 0.4) is 0 Å². The second kappa shape index (κ2) is 8.77. The standard InChI is InChI=1S/C14H27N/c1-5-6-7-8-9-10-11-12-13-14(2,3)15-4/h5-13H2,1-3H3. The van der Waals surface area contributed by atoms with Gasteiger partial charge in [-0.2, -0.15) is 0 Å². The summed E-state index contributed by atoms with van der Waals surface area (Å²) in [6.45, 7) is 13.4. The van der Waals surface area contributed by atoms with Crippen molar-refractivity contribution in [2.24, 2.45) is 0 Å². The number of rotatable bonds is 9. The van der Waals surface area contributed by atoms with Crippen molar-refractivity contribution in [3.8, 4) is 0 Å². The minimum atomic E-state index is -0.123. The van der Waals surface area contributed by atoms with Gasteiger partial charge in [-0.3, -0.25) is 0 Å². The van der Waals surface area contributed by atoms with E-state index in [0.29, 0.717) is 0 Å². The van der Waals surface area contributed by atoms with Gasteiger partial charge in [0, 0.05) is 20.3 Å². The van der Waals surface area contributed by atoms with Crippen LogP contribution in [0.5, 0.6) is 0 Å². The maximum absolute atomic E-state index is 7.02. The molecule has 0 aromatic heterocycles. The van der Waals surface area contributed by atoms with Crippen LogP contribution in [0.4, 0.5) is 0 Å². The smallest absolute Gasteiger partial charge is 0.227 e. The Bertz CT molecular complexity index is 176. The van der Waals surface area contributed by atoms with Gasteiger partial charge >= 0.3 is 0 Å². The van der Waals surface area contributed by atoms with E-state index in [0.717, 1.165) is 6.42 Å². The van der Waals surface area contributed by atoms with Crippen molar-refractivity contribution in [3.05, 3.63) is 11.4 Å². The van der Waals surface area contributed by atoms with Crippen LogP contribution < -0.4 is 0 Å². The Morgan fingerprint density at radius 2 is 1.33 bits per heavy atom. The molecule has 0 unspecified atom stereocenters. The summed E-state index contributed by atoms with van der Waals surface area (Å²) >= 11 is 0. The minimum Gasteiger partial charge on any atom is -0.311 e. The summed E-state index contributed by atoms with van der Waals surface area (Å²) in [4.78, 5) is 3.63. The van der Waals surface area contributed by atoms with Crippen LogP contribution in [-0.4, -0.2) is 5.54 Å². The molecule has 0 amide bonds. The lowest BCUT2D eigenvalue weighted by Crippen LogP contribution is -2.12. The van der Waals surface area contributed by atoms with Crippen molar-refractivity contribution in [3.63, 3.8) is 0 Å². The molecule has 0 N–H and O–H groups in total. The van der Waals surface area contributed by atoms with Gasteiger partial charge in [0.2, 0.25) is 5.54 Å². The Labute approximate surface area is 96.1 Å². The average molecular weight is 209 g/mol. The Balaban J connectivity index is 3.16. The molecule has 0 aliphatic carbocycles. The maximum Gasteiger partial charge on any atom is 0.227 e. The second-order valence-corrected chi connectivity index (χ2v) is 5.15. The fourth-order valence-corrected chi connectivity index (χ4v) is 1.75. The lowest BCUT2D eigenvalue weighted by atomic mass is 9.97. The molecule has 0 spiro atoms. The molecule has 0 aromatic carbocycles. The first-order valence-electron chi connectivity index (χ1n) is 6.51. The molecule has 0 atom stereocenters. The summed E-state index contributed by atoms with van der Waals surface area (Å²) in [5.41, 5.74) is -0.123. The molecule has 0 rings (SSSR count). The third kappa shape index (κ3) is 9.79. The highest BCUT2D eigenvalue weighted by atomic mass is 14.8. The van der Waals surface area contributed by atoms with Crippen molar-refractivity contribution in [2.45, 2.75) is 84.1 Å². The van der Waals surface area contributed by atoms with Gasteiger partial charge < -0.3 is 4.85 Å². The van der Waals surface area contributed by atoms with E-state index in [1.165, 1.54) is 51.4 Å². The summed E-state index contributed by atoms with van der Waals surface area (Å²) in [7, 11) is 0. The van der Waals surface area contributed by atoms with E-state index in [2.05, 4.69) is 11.8 Å². The monoisotopic (exact) mass is 209 g/mol. The van der Waals surface area contributed by atoms with Crippen LogP contribution in [0.15, 0.2) is 0 Å². The third-order valence-electron chi connectivity index (χ3n) is 2.94. The topological polar surface area (TPSA) is 4.36 Å². The normalized spacial score (nSPS) is 11.3. The quantitative estimate of drug-likeness (QED) is 0.362. The number of hydrogen-bond acceptors (Lipinski definition) is 0. The second-order valence-electron chi connectivity index (χ2n) is 5.15. The van der Waals surface area contributed by atoms with Crippen molar-refractivity contribution in [1.29, 1.82) is 0 Å². The van der Waals surface area contributed by atoms with Gasteiger partial charge in [0.05, 0.1) is 0 Å². The largest absolute Gasteiger partial charge is 0.311 e. The van der Waals surface area contributed by atoms with Crippen molar-refractivity contribution < 1.29 is 0 Å². The van der Waals surface area contributed by atoms with Gasteiger partial charge in [-0.05, 0) is 6.42 Å². The van der Waals surface area contributed by atoms with Gasteiger partial charge in [0.15, 0.2) is 0 Å². The first kappa shape index (κ1) is 14.5. The van der Waals surface area contributed by atoms with Crippen LogP contribution in [-0.2, 0) is 0 Å². The highest BCUT2D eigenvalue weighted by Gasteiger charge is 2.21. The van der Waals surface area contributed by atoms with E-state index in [4.69, 9.17) is 6.57 Å². The molecule has 1 heteroatoms. The summed E-state index contributed by atoms with van der Waals surface area (Å²) in [6, 6.07) is 0. The first-order valence-corrected chi connectivity index (χ1v) is 6.51. The van der Waals surface area contributed by atoms with Crippen LogP contribution in [0.1, 0.15) is 78.6 Å². The molecule has 0 saturated heterocycles. The molecular weight excluding hydrogens is 182 g/mol. The van der Waals surface area contributed by atoms with E-state index >= 15 is 0 Å². The van der Waals surface area contributed by atoms with E-state index in [1.807, 2.05) is 13.8 Å². The zero-order chi connectivity index (χ0) is 11.6. The van der Waals surface area contributed by atoms with E-state index in [1.54, 1.807) is 0 Å². The summed E-state index contributed by atoms with van der Waals surface area (Å²) < 4.78 is 0. The Kier molecular flexibility index (Phi) is 8.47. The molecule has 0 bridgehead atoms. The summed E-state index contributed by atoms with van der Waals surface area (Å²) in [6.07, 6.45) is 11.9. The zero-order valence-corrected chi connectivity index (χ0v) is 10.8. The Hall–Kier alpha value is -0.510. The summed E-state index contributed by atoms with van der Waals surface area (Å²) in [5, 5.41) is 0. The highest BCUT2D eigenvalue weighted by molar-refractivity contribution is 4.88. The van der Waals surface area contributed by atoms with Crippen molar-refractivity contribution in [2.75, 3.05) is 0 Å². The SMILES string of the molecule is [C-]#[N+]C(C)(C)CCCCCCCCCC. The molecule has 0 heterocycles. The molecule has 0 aliphatic rings. The number of hydrogen-bond donors (Lipinski definition) is 0. The molecule has 0 saturated carbocycles. The van der Waals surface area contributed by atoms with Gasteiger partial charge in [-0.25, -0.2) is 6.57 Å². The highest BCUT2D eigenvalue weighted by Crippen LogP contribution is 2.19. The Morgan fingerprint density at radius 1 is 0.867 bits per heavy atom. The molecule has 0 fully saturated rings. The van der Waals surface area contributed by atoms with Gasteiger partial charge in [0.1, 0.15) is 0 Å². The summed E-state index contributed by atoms with van der Waals surface area (Å²) in [5.74, 6) is 0. The van der Waals surface area contributed by atoms with E-state index < -0.39 is 0 Å². The molecular formula is C14H27N. The average Bonchev–Trinajstić information content (AvgIpc) is 2.22. The van der Waals surface area contributed by atoms with E-state index in [9.17, 15) is 0 Å². The molecule has 15 heavy (non-hydrogen) atoms. The lowest BCUT2D eigenvalue weighted by molar-refractivity contribution is 0.494. The van der Waals surface area contributed by atoms with Crippen molar-refractivity contribution in [1.82, 2.24) is 0 Å². The molecule has 1 nitrogen and oxygen atoms in total. The van der Waals surface area contributed by atoms with Crippen LogP contribution in [0.2, 0.25) is 0 Å². The minimum absolute atomic E-state index is 0.123. The fourth-order valence-electron chi connectivity index (χ4n) is 1.75. The van der Waals surface area contributed by atoms with Crippen LogP contribution in [0.25, 0.3) is 4.85 Å². The molecule has 0 aliphatic heterocycles. The van der Waals surface area contributed by atoms with Crippen LogP contribution >= 0.6 is 0 Å². The predicted octanol–water partition coefficient (Wildman–Crippen LogP) is 5.22. The Morgan fingerprint density at radius 3 is 1.80 bits per heavy atom. The molecule has 0 radical (unpaired) electrons.